The molecule has 118 valence electrons. The fourth-order valence-electron chi connectivity index (χ4n) is 2.20. The summed E-state index contributed by atoms with van der Waals surface area (Å²) in [6, 6.07) is 18.6. The molecule has 0 atom stereocenters. The number of hydrogen-bond donors (Lipinski definition) is 2. The molecule has 0 unspecified atom stereocenters. The maximum atomic E-state index is 12.7. The van der Waals surface area contributed by atoms with Crippen LogP contribution in [0.4, 0.5) is 16.4 Å². The second-order valence-electron chi connectivity index (χ2n) is 4.99. The second kappa shape index (κ2) is 6.87. The minimum Gasteiger partial charge on any atom is -0.396 e. The van der Waals surface area contributed by atoms with Crippen molar-refractivity contribution >= 4 is 49.4 Å². The number of anilines is 3. The number of carbonyl (C=O) groups excluding carboxylic acids is 1. The zero-order valence-electron chi connectivity index (χ0n) is 12.4. The molecule has 3 aromatic rings. The maximum absolute atomic E-state index is 12.7. The molecular weight excluding hydrogens is 386 g/mol. The number of nitrogens with zero attached hydrogens (tertiary/aromatic N) is 1. The third-order valence-electron chi connectivity index (χ3n) is 3.40. The molecule has 0 spiro atoms. The smallest absolute Gasteiger partial charge is 0.205 e. The third kappa shape index (κ3) is 3.18. The summed E-state index contributed by atoms with van der Waals surface area (Å²) in [6.07, 6.45) is 0. The van der Waals surface area contributed by atoms with E-state index in [0.29, 0.717) is 21.0 Å². The standard InChI is InChI=1S/C18H12BrN3OS/c19-12-8-6-11(7-9-12)16(23)17-15(21)14(10-20)18(24-17)22-13-4-2-1-3-5-13/h1-9,22H,21H2. The molecule has 1 heterocycles. The first-order chi connectivity index (χ1) is 11.6. The minimum absolute atomic E-state index is 0.192. The van der Waals surface area contributed by atoms with Gasteiger partial charge in [-0.25, -0.2) is 0 Å². The predicted octanol–water partition coefficient (Wildman–Crippen LogP) is 4.94. The number of halogens is 1. The Labute approximate surface area is 151 Å². The Morgan fingerprint density at radius 2 is 1.79 bits per heavy atom. The van der Waals surface area contributed by atoms with Gasteiger partial charge in [0.15, 0.2) is 0 Å². The average molecular weight is 398 g/mol. The van der Waals surface area contributed by atoms with E-state index in [9.17, 15) is 10.1 Å². The van der Waals surface area contributed by atoms with Crippen molar-refractivity contribution in [3.63, 3.8) is 0 Å². The molecule has 3 N–H and O–H groups in total. The van der Waals surface area contributed by atoms with Gasteiger partial charge in [-0.15, -0.1) is 11.3 Å². The number of nitrogens with two attached hydrogens (primary N) is 1. The van der Waals surface area contributed by atoms with Crippen LogP contribution in [-0.2, 0) is 0 Å². The summed E-state index contributed by atoms with van der Waals surface area (Å²) in [5, 5.41) is 13.1. The van der Waals surface area contributed by atoms with Crippen molar-refractivity contribution in [3.05, 3.63) is 75.1 Å². The van der Waals surface area contributed by atoms with E-state index in [2.05, 4.69) is 27.3 Å². The topological polar surface area (TPSA) is 78.9 Å². The number of ketones is 1. The highest BCUT2D eigenvalue weighted by Gasteiger charge is 2.22. The molecule has 0 saturated carbocycles. The van der Waals surface area contributed by atoms with Gasteiger partial charge in [0, 0.05) is 15.7 Å². The summed E-state index contributed by atoms with van der Waals surface area (Å²) < 4.78 is 0.891. The van der Waals surface area contributed by atoms with Crippen LogP contribution in [0.1, 0.15) is 20.8 Å². The van der Waals surface area contributed by atoms with E-state index in [1.807, 2.05) is 30.3 Å². The fraction of sp³-hybridized carbons (Fsp3) is 0. The monoisotopic (exact) mass is 397 g/mol. The highest BCUT2D eigenvalue weighted by molar-refractivity contribution is 9.10. The molecule has 1 aromatic heterocycles. The highest BCUT2D eigenvalue weighted by atomic mass is 79.9. The number of nitriles is 1. The summed E-state index contributed by atoms with van der Waals surface area (Å²) >= 11 is 4.54. The van der Waals surface area contributed by atoms with Crippen LogP contribution in [0.3, 0.4) is 0 Å². The van der Waals surface area contributed by atoms with E-state index in [1.165, 1.54) is 11.3 Å². The molecule has 0 aliphatic rings. The Bertz CT molecular complexity index is 927. The Kier molecular flexibility index (Phi) is 4.65. The van der Waals surface area contributed by atoms with Gasteiger partial charge in [-0.05, 0) is 36.4 Å². The Balaban J connectivity index is 1.99. The number of thiophene rings is 1. The summed E-state index contributed by atoms with van der Waals surface area (Å²) in [5.74, 6) is -0.192. The van der Waals surface area contributed by atoms with E-state index < -0.39 is 0 Å². The van der Waals surface area contributed by atoms with Crippen LogP contribution in [0.15, 0.2) is 59.1 Å². The lowest BCUT2D eigenvalue weighted by molar-refractivity contribution is 0.104. The number of benzene rings is 2. The zero-order chi connectivity index (χ0) is 17.1. The summed E-state index contributed by atoms with van der Waals surface area (Å²) in [6.45, 7) is 0. The number of nitrogens with one attached hydrogen (secondary N) is 1. The molecule has 3 rings (SSSR count). The predicted molar refractivity (Wildman–Crippen MR) is 101 cm³/mol. The summed E-state index contributed by atoms with van der Waals surface area (Å²) in [4.78, 5) is 13.1. The van der Waals surface area contributed by atoms with Gasteiger partial charge in [-0.2, -0.15) is 5.26 Å². The number of rotatable bonds is 4. The molecule has 0 amide bonds. The first-order valence-electron chi connectivity index (χ1n) is 7.05. The molecule has 0 radical (unpaired) electrons. The van der Waals surface area contributed by atoms with Crippen molar-refractivity contribution in [3.8, 4) is 6.07 Å². The lowest BCUT2D eigenvalue weighted by Crippen LogP contribution is -2.02. The Morgan fingerprint density at radius 3 is 2.42 bits per heavy atom. The van der Waals surface area contributed by atoms with E-state index in [0.717, 1.165) is 10.2 Å². The lowest BCUT2D eigenvalue weighted by Gasteiger charge is -2.03. The molecule has 0 aliphatic carbocycles. The van der Waals surface area contributed by atoms with Crippen LogP contribution in [-0.4, -0.2) is 5.78 Å². The third-order valence-corrected chi connectivity index (χ3v) is 5.05. The van der Waals surface area contributed by atoms with E-state index in [4.69, 9.17) is 5.73 Å². The molecule has 24 heavy (non-hydrogen) atoms. The van der Waals surface area contributed by atoms with E-state index >= 15 is 0 Å². The van der Waals surface area contributed by atoms with Crippen molar-refractivity contribution in [1.29, 1.82) is 5.26 Å². The molecule has 4 nitrogen and oxygen atoms in total. The molecule has 6 heteroatoms. The SMILES string of the molecule is N#Cc1c(Nc2ccccc2)sc(C(=O)c2ccc(Br)cc2)c1N. The van der Waals surface area contributed by atoms with Crippen LogP contribution in [0.25, 0.3) is 0 Å². The fourth-order valence-corrected chi connectivity index (χ4v) is 3.51. The normalized spacial score (nSPS) is 10.2. The van der Waals surface area contributed by atoms with Crippen molar-refractivity contribution in [2.24, 2.45) is 0 Å². The van der Waals surface area contributed by atoms with Crippen molar-refractivity contribution in [1.82, 2.24) is 0 Å². The van der Waals surface area contributed by atoms with Crippen LogP contribution >= 0.6 is 27.3 Å². The number of carbonyl (C=O) groups is 1. The zero-order valence-corrected chi connectivity index (χ0v) is 14.8. The minimum atomic E-state index is -0.192. The number of nitrogen functional groups attached to an aromatic ring is 1. The van der Waals surface area contributed by atoms with E-state index in [1.54, 1.807) is 24.3 Å². The number of para-hydroxylation sites is 1. The van der Waals surface area contributed by atoms with Gasteiger partial charge in [0.25, 0.3) is 0 Å². The molecule has 0 fully saturated rings. The van der Waals surface area contributed by atoms with Crippen molar-refractivity contribution in [2.75, 3.05) is 11.1 Å². The van der Waals surface area contributed by atoms with Gasteiger partial charge in [0.05, 0.1) is 5.69 Å². The molecule has 2 aromatic carbocycles. The van der Waals surface area contributed by atoms with Gasteiger partial charge in [-0.3, -0.25) is 4.79 Å². The van der Waals surface area contributed by atoms with E-state index in [-0.39, 0.29) is 11.5 Å². The van der Waals surface area contributed by atoms with Crippen molar-refractivity contribution < 1.29 is 4.79 Å². The molecule has 0 saturated heterocycles. The first-order valence-corrected chi connectivity index (χ1v) is 8.66. The van der Waals surface area contributed by atoms with Crippen LogP contribution < -0.4 is 11.1 Å². The van der Waals surface area contributed by atoms with Gasteiger partial charge in [-0.1, -0.05) is 34.1 Å². The van der Waals surface area contributed by atoms with Crippen LogP contribution in [0.2, 0.25) is 0 Å². The first kappa shape index (κ1) is 16.2. The molecule has 0 bridgehead atoms. The Morgan fingerprint density at radius 1 is 1.12 bits per heavy atom. The highest BCUT2D eigenvalue weighted by Crippen LogP contribution is 2.38. The quantitative estimate of drug-likeness (QED) is 0.611. The largest absolute Gasteiger partial charge is 0.396 e. The van der Waals surface area contributed by atoms with Gasteiger partial charge in [0.2, 0.25) is 5.78 Å². The van der Waals surface area contributed by atoms with Gasteiger partial charge in [0.1, 0.15) is 21.5 Å². The number of hydrogen-bond acceptors (Lipinski definition) is 5. The van der Waals surface area contributed by atoms with Crippen molar-refractivity contribution in [2.45, 2.75) is 0 Å². The molecule has 0 aliphatic heterocycles. The van der Waals surface area contributed by atoms with Gasteiger partial charge >= 0.3 is 0 Å². The lowest BCUT2D eigenvalue weighted by atomic mass is 10.1. The maximum Gasteiger partial charge on any atom is 0.205 e. The average Bonchev–Trinajstić information content (AvgIpc) is 2.91. The molecular formula is C18H12BrN3OS. The van der Waals surface area contributed by atoms with Crippen LogP contribution in [0.5, 0.6) is 0 Å². The van der Waals surface area contributed by atoms with Gasteiger partial charge < -0.3 is 11.1 Å². The summed E-state index contributed by atoms with van der Waals surface area (Å²) in [5.41, 5.74) is 7.93. The summed E-state index contributed by atoms with van der Waals surface area (Å²) in [7, 11) is 0. The second-order valence-corrected chi connectivity index (χ2v) is 6.92. The Hall–Kier alpha value is -2.62. The van der Waals surface area contributed by atoms with Crippen LogP contribution in [0, 0.1) is 11.3 Å².